The van der Waals surface area contributed by atoms with Gasteiger partial charge in [0.1, 0.15) is 12.4 Å². The van der Waals surface area contributed by atoms with E-state index in [1.165, 1.54) is 0 Å². The van der Waals surface area contributed by atoms with Gasteiger partial charge in [0.2, 0.25) is 5.95 Å². The Morgan fingerprint density at radius 2 is 1.94 bits per heavy atom. The smallest absolute Gasteiger partial charge is 0.240 e. The van der Waals surface area contributed by atoms with Crippen molar-refractivity contribution < 1.29 is 9.47 Å². The van der Waals surface area contributed by atoms with Crippen molar-refractivity contribution in [3.63, 3.8) is 0 Å². The van der Waals surface area contributed by atoms with E-state index in [0.717, 1.165) is 11.3 Å². The van der Waals surface area contributed by atoms with Gasteiger partial charge in [-0.2, -0.15) is 5.10 Å². The molecule has 2 N–H and O–H groups in total. The Labute approximate surface area is 105 Å². The van der Waals surface area contributed by atoms with Gasteiger partial charge >= 0.3 is 0 Å². The first kappa shape index (κ1) is 12.3. The zero-order valence-corrected chi connectivity index (χ0v) is 10.0. The second-order valence-electron chi connectivity index (χ2n) is 3.57. The minimum atomic E-state index is 0.160. The Morgan fingerprint density at radius 1 is 1.17 bits per heavy atom. The molecule has 0 atom stereocenters. The predicted octanol–water partition coefficient (Wildman–Crippen LogP) is 1.15. The highest BCUT2D eigenvalue weighted by molar-refractivity contribution is 5.59. The normalized spacial score (nSPS) is 10.3. The van der Waals surface area contributed by atoms with Gasteiger partial charge in [-0.3, -0.25) is 0 Å². The van der Waals surface area contributed by atoms with Crippen LogP contribution >= 0.6 is 0 Å². The number of rotatable bonds is 5. The Hall–Kier alpha value is -2.21. The molecule has 94 valence electrons. The number of hydrogen-bond donors (Lipinski definition) is 1. The van der Waals surface area contributed by atoms with Crippen molar-refractivity contribution >= 4 is 5.95 Å². The molecule has 0 fully saturated rings. The van der Waals surface area contributed by atoms with Crippen LogP contribution in [0.15, 0.2) is 30.5 Å². The summed E-state index contributed by atoms with van der Waals surface area (Å²) in [6, 6.07) is 7.52. The average Bonchev–Trinajstić information content (AvgIpc) is 2.40. The maximum Gasteiger partial charge on any atom is 0.240 e. The van der Waals surface area contributed by atoms with E-state index in [1.807, 2.05) is 24.3 Å². The first-order valence-corrected chi connectivity index (χ1v) is 5.47. The standard InChI is InChI=1S/C12H14N4O2/c1-17-6-7-18-10-4-2-9(3-5-10)11-8-14-16-12(13)15-11/h2-5,8H,6-7H2,1H3,(H2,13,15,16). The molecule has 6 nitrogen and oxygen atoms in total. The summed E-state index contributed by atoms with van der Waals surface area (Å²) >= 11 is 0. The summed E-state index contributed by atoms with van der Waals surface area (Å²) < 4.78 is 10.4. The van der Waals surface area contributed by atoms with E-state index in [4.69, 9.17) is 15.2 Å². The second-order valence-corrected chi connectivity index (χ2v) is 3.57. The predicted molar refractivity (Wildman–Crippen MR) is 67.0 cm³/mol. The highest BCUT2D eigenvalue weighted by Gasteiger charge is 2.02. The molecule has 0 aliphatic rings. The molecule has 0 radical (unpaired) electrons. The third kappa shape index (κ3) is 3.14. The Kier molecular flexibility index (Phi) is 4.03. The molecule has 0 unspecified atom stereocenters. The van der Waals surface area contributed by atoms with Crippen LogP contribution in [0.25, 0.3) is 11.3 Å². The number of methoxy groups -OCH3 is 1. The molecule has 0 bridgehead atoms. The van der Waals surface area contributed by atoms with Crippen molar-refractivity contribution in [1.82, 2.24) is 15.2 Å². The summed E-state index contributed by atoms with van der Waals surface area (Å²) in [6.07, 6.45) is 1.57. The van der Waals surface area contributed by atoms with Gasteiger partial charge in [0.05, 0.1) is 18.5 Å². The minimum Gasteiger partial charge on any atom is -0.491 e. The van der Waals surface area contributed by atoms with Gasteiger partial charge in [-0.15, -0.1) is 5.10 Å². The molecule has 0 aliphatic carbocycles. The maximum atomic E-state index is 5.48. The summed E-state index contributed by atoms with van der Waals surface area (Å²) in [4.78, 5) is 4.09. The van der Waals surface area contributed by atoms with E-state index >= 15 is 0 Å². The zero-order chi connectivity index (χ0) is 12.8. The van der Waals surface area contributed by atoms with Crippen LogP contribution in [0.1, 0.15) is 0 Å². The number of anilines is 1. The number of hydrogen-bond acceptors (Lipinski definition) is 6. The van der Waals surface area contributed by atoms with Gasteiger partial charge in [0, 0.05) is 12.7 Å². The molecule has 2 rings (SSSR count). The van der Waals surface area contributed by atoms with Crippen LogP contribution in [0.4, 0.5) is 5.95 Å². The minimum absolute atomic E-state index is 0.160. The van der Waals surface area contributed by atoms with E-state index in [0.29, 0.717) is 18.9 Å². The Morgan fingerprint density at radius 3 is 2.61 bits per heavy atom. The number of nitrogens with two attached hydrogens (primary N) is 1. The summed E-state index contributed by atoms with van der Waals surface area (Å²) in [5.41, 5.74) is 7.08. The van der Waals surface area contributed by atoms with Crippen LogP contribution in [-0.4, -0.2) is 35.5 Å². The second kappa shape index (κ2) is 5.92. The van der Waals surface area contributed by atoms with Crippen molar-refractivity contribution in [1.29, 1.82) is 0 Å². The highest BCUT2D eigenvalue weighted by Crippen LogP contribution is 2.20. The van der Waals surface area contributed by atoms with Crippen molar-refractivity contribution in [2.45, 2.75) is 0 Å². The molecular weight excluding hydrogens is 232 g/mol. The van der Waals surface area contributed by atoms with Gasteiger partial charge in [0.15, 0.2) is 0 Å². The van der Waals surface area contributed by atoms with Crippen molar-refractivity contribution in [3.05, 3.63) is 30.5 Å². The van der Waals surface area contributed by atoms with Gasteiger partial charge in [0.25, 0.3) is 0 Å². The van der Waals surface area contributed by atoms with Crippen molar-refractivity contribution in [3.8, 4) is 17.0 Å². The van der Waals surface area contributed by atoms with E-state index in [1.54, 1.807) is 13.3 Å². The van der Waals surface area contributed by atoms with Gasteiger partial charge in [-0.05, 0) is 24.3 Å². The van der Waals surface area contributed by atoms with Crippen LogP contribution < -0.4 is 10.5 Å². The molecule has 0 saturated heterocycles. The monoisotopic (exact) mass is 246 g/mol. The summed E-state index contributed by atoms with van der Waals surface area (Å²) in [5, 5.41) is 7.37. The largest absolute Gasteiger partial charge is 0.491 e. The zero-order valence-electron chi connectivity index (χ0n) is 10.0. The number of nitrogens with zero attached hydrogens (tertiary/aromatic N) is 3. The van der Waals surface area contributed by atoms with Crippen LogP contribution in [0.5, 0.6) is 5.75 Å². The average molecular weight is 246 g/mol. The summed E-state index contributed by atoms with van der Waals surface area (Å²) in [6.45, 7) is 1.09. The fourth-order valence-electron chi connectivity index (χ4n) is 1.42. The molecule has 0 spiro atoms. The topological polar surface area (TPSA) is 83.2 Å². The summed E-state index contributed by atoms with van der Waals surface area (Å²) in [5.74, 6) is 0.943. The molecule has 2 aromatic rings. The van der Waals surface area contributed by atoms with Crippen LogP contribution in [0.3, 0.4) is 0 Å². The lowest BCUT2D eigenvalue weighted by Gasteiger charge is -2.06. The number of benzene rings is 1. The van der Waals surface area contributed by atoms with Crippen LogP contribution in [-0.2, 0) is 4.74 Å². The van der Waals surface area contributed by atoms with Gasteiger partial charge in [-0.25, -0.2) is 4.98 Å². The van der Waals surface area contributed by atoms with Crippen molar-refractivity contribution in [2.75, 3.05) is 26.1 Å². The lowest BCUT2D eigenvalue weighted by molar-refractivity contribution is 0.146. The quantitative estimate of drug-likeness (QED) is 0.797. The first-order chi connectivity index (χ1) is 8.79. The van der Waals surface area contributed by atoms with Crippen LogP contribution in [0, 0.1) is 0 Å². The highest BCUT2D eigenvalue weighted by atomic mass is 16.5. The van der Waals surface area contributed by atoms with E-state index in [-0.39, 0.29) is 5.95 Å². The number of ether oxygens (including phenoxy) is 2. The van der Waals surface area contributed by atoms with E-state index in [2.05, 4.69) is 15.2 Å². The molecule has 0 saturated carbocycles. The lowest BCUT2D eigenvalue weighted by atomic mass is 10.1. The van der Waals surface area contributed by atoms with Gasteiger partial charge < -0.3 is 15.2 Å². The molecule has 0 aliphatic heterocycles. The fourth-order valence-corrected chi connectivity index (χ4v) is 1.42. The SMILES string of the molecule is COCCOc1ccc(-c2cnnc(N)n2)cc1. The third-order valence-corrected chi connectivity index (χ3v) is 2.28. The number of nitrogen functional groups attached to an aromatic ring is 1. The molecule has 18 heavy (non-hydrogen) atoms. The molecule has 1 aromatic carbocycles. The Bertz CT molecular complexity index is 502. The van der Waals surface area contributed by atoms with Crippen LogP contribution in [0.2, 0.25) is 0 Å². The molecule has 1 aromatic heterocycles. The maximum absolute atomic E-state index is 5.48. The fraction of sp³-hybridized carbons (Fsp3) is 0.250. The summed E-state index contributed by atoms with van der Waals surface area (Å²) in [7, 11) is 1.64. The van der Waals surface area contributed by atoms with E-state index < -0.39 is 0 Å². The molecular formula is C12H14N4O2. The Balaban J connectivity index is 2.07. The van der Waals surface area contributed by atoms with Crippen molar-refractivity contribution in [2.24, 2.45) is 0 Å². The lowest BCUT2D eigenvalue weighted by Crippen LogP contribution is -2.04. The molecule has 6 heteroatoms. The number of aromatic nitrogens is 3. The molecule has 0 amide bonds. The first-order valence-electron chi connectivity index (χ1n) is 5.47. The molecule has 1 heterocycles. The van der Waals surface area contributed by atoms with E-state index in [9.17, 15) is 0 Å². The van der Waals surface area contributed by atoms with Gasteiger partial charge in [-0.1, -0.05) is 0 Å². The third-order valence-electron chi connectivity index (χ3n) is 2.28.